The number of carbonyl (C=O) groups is 2. The lowest BCUT2D eigenvalue weighted by Gasteiger charge is -2.29. The zero-order valence-corrected chi connectivity index (χ0v) is 23.7. The summed E-state index contributed by atoms with van der Waals surface area (Å²) < 4.78 is 31.7. The first-order valence-corrected chi connectivity index (χ1v) is 14.6. The SMILES string of the molecule is CCCCNC(=O)[C@@H](C)N(Cc1ccc(OC)cc1)C(=O)CCCN(c1cc(C)cc(C)c1)S(C)(=O)=O. The van der Waals surface area contributed by atoms with Crippen LogP contribution in [0.25, 0.3) is 0 Å². The fraction of sp³-hybridized carbons (Fsp3) is 0.500. The topological polar surface area (TPSA) is 96.0 Å². The molecule has 0 aliphatic heterocycles. The predicted molar refractivity (Wildman–Crippen MR) is 148 cm³/mol. The zero-order valence-electron chi connectivity index (χ0n) is 22.9. The molecule has 0 radical (unpaired) electrons. The number of nitrogens with zero attached hydrogens (tertiary/aromatic N) is 2. The molecule has 8 nitrogen and oxygen atoms in total. The van der Waals surface area contributed by atoms with Gasteiger partial charge in [-0.1, -0.05) is 31.5 Å². The Morgan fingerprint density at radius 2 is 1.65 bits per heavy atom. The van der Waals surface area contributed by atoms with Crippen molar-refractivity contribution in [1.82, 2.24) is 10.2 Å². The molecular formula is C28H41N3O5S. The summed E-state index contributed by atoms with van der Waals surface area (Å²) >= 11 is 0. The molecule has 1 N–H and O–H groups in total. The molecule has 2 amide bonds. The molecule has 37 heavy (non-hydrogen) atoms. The molecule has 2 aromatic rings. The van der Waals surface area contributed by atoms with Crippen molar-refractivity contribution in [3.8, 4) is 5.75 Å². The van der Waals surface area contributed by atoms with Gasteiger partial charge in [-0.2, -0.15) is 0 Å². The second-order valence-electron chi connectivity index (χ2n) is 9.47. The molecule has 0 heterocycles. The number of ether oxygens (including phenoxy) is 1. The maximum atomic E-state index is 13.4. The number of hydrogen-bond acceptors (Lipinski definition) is 5. The van der Waals surface area contributed by atoms with Crippen LogP contribution in [0.2, 0.25) is 0 Å². The maximum absolute atomic E-state index is 13.4. The molecule has 0 spiro atoms. The molecule has 0 saturated heterocycles. The number of anilines is 1. The van der Waals surface area contributed by atoms with Crippen molar-refractivity contribution in [3.05, 3.63) is 59.2 Å². The van der Waals surface area contributed by atoms with Gasteiger partial charge < -0.3 is 15.0 Å². The number of aryl methyl sites for hydroxylation is 2. The Morgan fingerprint density at radius 1 is 1.03 bits per heavy atom. The van der Waals surface area contributed by atoms with Crippen molar-refractivity contribution in [2.24, 2.45) is 0 Å². The summed E-state index contributed by atoms with van der Waals surface area (Å²) in [5.41, 5.74) is 3.39. The van der Waals surface area contributed by atoms with Crippen molar-refractivity contribution in [2.75, 3.05) is 30.8 Å². The van der Waals surface area contributed by atoms with E-state index in [0.717, 1.165) is 29.5 Å². The van der Waals surface area contributed by atoms with Crippen LogP contribution < -0.4 is 14.4 Å². The number of benzene rings is 2. The van der Waals surface area contributed by atoms with Crippen molar-refractivity contribution in [3.63, 3.8) is 0 Å². The fourth-order valence-electron chi connectivity index (χ4n) is 4.14. The van der Waals surface area contributed by atoms with Crippen LogP contribution in [0.15, 0.2) is 42.5 Å². The molecule has 0 unspecified atom stereocenters. The van der Waals surface area contributed by atoms with Crippen LogP contribution in [0.1, 0.15) is 56.2 Å². The van der Waals surface area contributed by atoms with Crippen LogP contribution in [0, 0.1) is 13.8 Å². The summed E-state index contributed by atoms with van der Waals surface area (Å²) in [5, 5.41) is 2.91. The van der Waals surface area contributed by atoms with E-state index >= 15 is 0 Å². The van der Waals surface area contributed by atoms with Gasteiger partial charge in [0.05, 0.1) is 19.1 Å². The number of nitrogens with one attached hydrogen (secondary N) is 1. The Kier molecular flexibility index (Phi) is 11.4. The second kappa shape index (κ2) is 14.0. The van der Waals surface area contributed by atoms with E-state index in [1.165, 1.54) is 10.6 Å². The Labute approximate surface area is 222 Å². The number of rotatable bonds is 14. The van der Waals surface area contributed by atoms with E-state index in [1.54, 1.807) is 18.9 Å². The molecule has 0 fully saturated rings. The highest BCUT2D eigenvalue weighted by Crippen LogP contribution is 2.22. The highest BCUT2D eigenvalue weighted by molar-refractivity contribution is 7.92. The van der Waals surface area contributed by atoms with E-state index in [1.807, 2.05) is 63.2 Å². The Hall–Kier alpha value is -3.07. The highest BCUT2D eigenvalue weighted by atomic mass is 32.2. The van der Waals surface area contributed by atoms with Crippen LogP contribution in [-0.4, -0.2) is 57.6 Å². The maximum Gasteiger partial charge on any atom is 0.242 e. The number of sulfonamides is 1. The van der Waals surface area contributed by atoms with E-state index in [-0.39, 0.29) is 31.3 Å². The molecule has 0 aliphatic rings. The van der Waals surface area contributed by atoms with Crippen molar-refractivity contribution >= 4 is 27.5 Å². The summed E-state index contributed by atoms with van der Waals surface area (Å²) in [6.07, 6.45) is 3.43. The minimum absolute atomic E-state index is 0.111. The van der Waals surface area contributed by atoms with Gasteiger partial charge in [-0.25, -0.2) is 8.42 Å². The van der Waals surface area contributed by atoms with Crippen molar-refractivity contribution in [1.29, 1.82) is 0 Å². The molecule has 204 valence electrons. The summed E-state index contributed by atoms with van der Waals surface area (Å²) in [4.78, 5) is 27.7. The summed E-state index contributed by atoms with van der Waals surface area (Å²) in [5.74, 6) is 0.297. The lowest BCUT2D eigenvalue weighted by atomic mass is 10.1. The Bertz CT molecular complexity index is 1130. The van der Waals surface area contributed by atoms with Crippen molar-refractivity contribution in [2.45, 2.75) is 66.0 Å². The van der Waals surface area contributed by atoms with Crippen molar-refractivity contribution < 1.29 is 22.7 Å². The van der Waals surface area contributed by atoms with Gasteiger partial charge in [0.15, 0.2) is 0 Å². The second-order valence-corrected chi connectivity index (χ2v) is 11.4. The molecule has 0 aliphatic carbocycles. The summed E-state index contributed by atoms with van der Waals surface area (Å²) in [6, 6.07) is 12.3. The average molecular weight is 532 g/mol. The van der Waals surface area contributed by atoms with E-state index in [2.05, 4.69) is 5.32 Å². The molecular weight excluding hydrogens is 490 g/mol. The van der Waals surface area contributed by atoms with Crippen LogP contribution in [0.3, 0.4) is 0 Å². The van der Waals surface area contributed by atoms with Crippen LogP contribution >= 0.6 is 0 Å². The molecule has 1 atom stereocenters. The molecule has 0 bridgehead atoms. The first-order valence-electron chi connectivity index (χ1n) is 12.7. The van der Waals surface area contributed by atoms with Gasteiger partial charge >= 0.3 is 0 Å². The molecule has 2 rings (SSSR count). The first kappa shape index (κ1) is 30.2. The minimum atomic E-state index is -3.54. The van der Waals surface area contributed by atoms with Crippen LogP contribution in [0.4, 0.5) is 5.69 Å². The first-order chi connectivity index (χ1) is 17.5. The lowest BCUT2D eigenvalue weighted by molar-refractivity contribution is -0.140. The summed E-state index contributed by atoms with van der Waals surface area (Å²) in [6.45, 7) is 8.60. The highest BCUT2D eigenvalue weighted by Gasteiger charge is 2.26. The van der Waals surface area contributed by atoms with Gasteiger partial charge in [-0.3, -0.25) is 13.9 Å². The lowest BCUT2D eigenvalue weighted by Crippen LogP contribution is -2.48. The average Bonchev–Trinajstić information content (AvgIpc) is 2.83. The van der Waals surface area contributed by atoms with Gasteiger partial charge in [-0.05, 0) is 74.6 Å². The Morgan fingerprint density at radius 3 is 2.19 bits per heavy atom. The predicted octanol–water partition coefficient (Wildman–Crippen LogP) is 4.19. The third kappa shape index (κ3) is 9.39. The quantitative estimate of drug-likeness (QED) is 0.369. The summed E-state index contributed by atoms with van der Waals surface area (Å²) in [7, 11) is -1.95. The zero-order chi connectivity index (χ0) is 27.6. The number of unbranched alkanes of at least 4 members (excludes halogenated alkanes) is 1. The number of amides is 2. The van der Waals surface area contributed by atoms with E-state index in [4.69, 9.17) is 4.74 Å². The third-order valence-corrected chi connectivity index (χ3v) is 7.35. The number of hydrogen-bond donors (Lipinski definition) is 1. The van der Waals surface area contributed by atoms with Gasteiger partial charge in [0, 0.05) is 26.1 Å². The van der Waals surface area contributed by atoms with E-state index in [0.29, 0.717) is 24.4 Å². The standard InChI is InChI=1S/C28H41N3O5S/c1-7-8-15-29-28(33)23(4)30(20-24-11-13-26(36-5)14-12-24)27(32)10-9-16-31(37(6,34)35)25-18-21(2)17-22(3)19-25/h11-14,17-19,23H,7-10,15-16,20H2,1-6H3,(H,29,33)/t23-/m1/s1. The smallest absolute Gasteiger partial charge is 0.242 e. The van der Waals surface area contributed by atoms with E-state index < -0.39 is 16.1 Å². The minimum Gasteiger partial charge on any atom is -0.497 e. The van der Waals surface area contributed by atoms with Gasteiger partial charge in [0.25, 0.3) is 0 Å². The monoisotopic (exact) mass is 531 g/mol. The van der Waals surface area contributed by atoms with Gasteiger partial charge in [0.1, 0.15) is 11.8 Å². The Balaban J connectivity index is 2.17. The normalized spacial score (nSPS) is 12.1. The molecule has 0 aromatic heterocycles. The molecule has 2 aromatic carbocycles. The molecule has 9 heteroatoms. The number of methoxy groups -OCH3 is 1. The van der Waals surface area contributed by atoms with E-state index in [9.17, 15) is 18.0 Å². The largest absolute Gasteiger partial charge is 0.497 e. The van der Waals surface area contributed by atoms with Gasteiger partial charge in [-0.15, -0.1) is 0 Å². The van der Waals surface area contributed by atoms with Gasteiger partial charge in [0.2, 0.25) is 21.8 Å². The number of carbonyl (C=O) groups excluding carboxylic acids is 2. The molecule has 0 saturated carbocycles. The third-order valence-electron chi connectivity index (χ3n) is 6.16. The van der Waals surface area contributed by atoms with Crippen LogP contribution in [0.5, 0.6) is 5.75 Å². The fourth-order valence-corrected chi connectivity index (χ4v) is 5.09. The van der Waals surface area contributed by atoms with Crippen LogP contribution in [-0.2, 0) is 26.2 Å².